The highest BCUT2D eigenvalue weighted by Gasteiger charge is 2.13. The van der Waals surface area contributed by atoms with E-state index in [1.165, 1.54) is 7.11 Å². The third-order valence-corrected chi connectivity index (χ3v) is 5.82. The second kappa shape index (κ2) is 7.63. The monoisotopic (exact) mass is 372 g/mol. The first-order valence-corrected chi connectivity index (χ1v) is 9.36. The minimum atomic E-state index is -0.831. The van der Waals surface area contributed by atoms with Gasteiger partial charge in [0.15, 0.2) is 0 Å². The molecule has 1 aromatic carbocycles. The number of benzene rings is 1. The summed E-state index contributed by atoms with van der Waals surface area (Å²) in [5.41, 5.74) is 3.81. The maximum atomic E-state index is 11.5. The van der Waals surface area contributed by atoms with Crippen LogP contribution in [0.25, 0.3) is 20.9 Å². The second-order valence-corrected chi connectivity index (χ2v) is 7.28. The van der Waals surface area contributed by atoms with Gasteiger partial charge in [-0.05, 0) is 45.1 Å². The molecule has 4 nitrogen and oxygen atoms in total. The first-order valence-electron chi connectivity index (χ1n) is 7.60. The Hall–Kier alpha value is -2.44. The van der Waals surface area contributed by atoms with Crippen LogP contribution in [0.1, 0.15) is 11.1 Å². The fourth-order valence-electron chi connectivity index (χ4n) is 2.62. The molecule has 0 saturated heterocycles. The predicted molar refractivity (Wildman–Crippen MR) is 100 cm³/mol. The van der Waals surface area contributed by atoms with Gasteiger partial charge in [0, 0.05) is 9.75 Å². The lowest BCUT2D eigenvalue weighted by Crippen LogP contribution is -2.04. The van der Waals surface area contributed by atoms with Crippen LogP contribution in [0.3, 0.4) is 0 Å². The van der Waals surface area contributed by atoms with Gasteiger partial charge in [-0.1, -0.05) is 24.3 Å². The van der Waals surface area contributed by atoms with E-state index in [1.807, 2.05) is 47.2 Å². The van der Waals surface area contributed by atoms with Crippen molar-refractivity contribution in [2.75, 3.05) is 7.11 Å². The molecule has 0 aliphatic rings. The smallest absolute Gasteiger partial charge is 0.310 e. The molecule has 0 spiro atoms. The molecule has 6 heteroatoms. The number of thiophene rings is 2. The minimum absolute atomic E-state index is 0.0226. The van der Waals surface area contributed by atoms with Crippen LogP contribution in [0, 0.1) is 0 Å². The molecular weight excluding hydrogens is 356 g/mol. The third-order valence-electron chi connectivity index (χ3n) is 3.81. The van der Waals surface area contributed by atoms with Gasteiger partial charge in [0.1, 0.15) is 0 Å². The highest BCUT2D eigenvalue weighted by Crippen LogP contribution is 2.34. The predicted octanol–water partition coefficient (Wildman–Crippen LogP) is 4.49. The van der Waals surface area contributed by atoms with E-state index in [1.54, 1.807) is 22.7 Å². The van der Waals surface area contributed by atoms with Crippen molar-refractivity contribution < 1.29 is 19.4 Å². The van der Waals surface area contributed by atoms with Crippen molar-refractivity contribution in [2.45, 2.75) is 12.8 Å². The number of hydrogen-bond donors (Lipinski definition) is 1. The van der Waals surface area contributed by atoms with Crippen LogP contribution < -0.4 is 0 Å². The number of carboxylic acid groups (broad SMARTS) is 1. The number of esters is 1. The fourth-order valence-corrected chi connectivity index (χ4v) is 4.48. The van der Waals surface area contributed by atoms with Crippen molar-refractivity contribution in [3.8, 4) is 20.9 Å². The van der Waals surface area contributed by atoms with Gasteiger partial charge in [0.25, 0.3) is 0 Å². The zero-order valence-corrected chi connectivity index (χ0v) is 15.2. The van der Waals surface area contributed by atoms with Crippen molar-refractivity contribution in [3.05, 3.63) is 58.3 Å². The SMILES string of the molecule is COC(=O)Cc1ccsc1-c1ccc(-c2sccc2CC(=O)O)cc1. The lowest BCUT2D eigenvalue weighted by atomic mass is 10.0. The molecule has 0 aliphatic heterocycles. The van der Waals surface area contributed by atoms with E-state index in [2.05, 4.69) is 0 Å². The summed E-state index contributed by atoms with van der Waals surface area (Å²) in [6, 6.07) is 11.8. The van der Waals surface area contributed by atoms with Crippen molar-refractivity contribution in [3.63, 3.8) is 0 Å². The zero-order valence-electron chi connectivity index (χ0n) is 13.5. The Balaban J connectivity index is 1.87. The number of ether oxygens (including phenoxy) is 1. The molecule has 0 amide bonds. The maximum Gasteiger partial charge on any atom is 0.310 e. The summed E-state index contributed by atoms with van der Waals surface area (Å²) in [5, 5.41) is 12.9. The van der Waals surface area contributed by atoms with Crippen molar-refractivity contribution in [2.24, 2.45) is 0 Å². The average Bonchev–Trinajstić information content (AvgIpc) is 3.24. The Bertz CT molecular complexity index is 890. The molecule has 2 aromatic heterocycles. The summed E-state index contributed by atoms with van der Waals surface area (Å²) in [4.78, 5) is 24.5. The van der Waals surface area contributed by atoms with Gasteiger partial charge in [0.05, 0.1) is 20.0 Å². The Labute approximate surface area is 153 Å². The topological polar surface area (TPSA) is 63.6 Å². The molecule has 0 radical (unpaired) electrons. The number of aliphatic carboxylic acids is 1. The molecule has 0 fully saturated rings. The van der Waals surface area contributed by atoms with E-state index in [0.29, 0.717) is 0 Å². The van der Waals surface area contributed by atoms with Gasteiger partial charge in [-0.25, -0.2) is 0 Å². The summed E-state index contributed by atoms with van der Waals surface area (Å²) in [6.07, 6.45) is 0.277. The molecule has 3 aromatic rings. The molecule has 128 valence electrons. The lowest BCUT2D eigenvalue weighted by Gasteiger charge is -2.06. The molecule has 0 unspecified atom stereocenters. The number of methoxy groups -OCH3 is 1. The molecule has 0 atom stereocenters. The largest absolute Gasteiger partial charge is 0.481 e. The van der Waals surface area contributed by atoms with E-state index < -0.39 is 5.97 Å². The number of carbonyl (C=O) groups is 2. The van der Waals surface area contributed by atoms with Gasteiger partial charge in [-0.15, -0.1) is 22.7 Å². The van der Waals surface area contributed by atoms with Crippen LogP contribution in [0.15, 0.2) is 47.2 Å². The third kappa shape index (κ3) is 3.97. The Morgan fingerprint density at radius 3 is 1.80 bits per heavy atom. The van der Waals surface area contributed by atoms with E-state index in [0.717, 1.165) is 32.0 Å². The summed E-state index contributed by atoms with van der Waals surface area (Å²) in [6.45, 7) is 0. The molecule has 2 heterocycles. The van der Waals surface area contributed by atoms with E-state index in [4.69, 9.17) is 9.84 Å². The van der Waals surface area contributed by atoms with Crippen LogP contribution in [0.4, 0.5) is 0 Å². The first kappa shape index (κ1) is 17.4. The van der Waals surface area contributed by atoms with Gasteiger partial charge >= 0.3 is 11.9 Å². The quantitative estimate of drug-likeness (QED) is 0.648. The summed E-state index contributed by atoms with van der Waals surface area (Å²) in [7, 11) is 1.39. The number of rotatable bonds is 6. The minimum Gasteiger partial charge on any atom is -0.481 e. The molecule has 0 aliphatic carbocycles. The number of carbonyl (C=O) groups excluding carboxylic acids is 1. The Kier molecular flexibility index (Phi) is 5.31. The van der Waals surface area contributed by atoms with E-state index in [9.17, 15) is 9.59 Å². The van der Waals surface area contributed by atoms with Crippen LogP contribution in [0.5, 0.6) is 0 Å². The van der Waals surface area contributed by atoms with Gasteiger partial charge in [0.2, 0.25) is 0 Å². The van der Waals surface area contributed by atoms with Crippen LogP contribution in [-0.2, 0) is 27.2 Å². The first-order chi connectivity index (χ1) is 12.1. The van der Waals surface area contributed by atoms with Crippen molar-refractivity contribution in [1.82, 2.24) is 0 Å². The standard InChI is InChI=1S/C19H16O4S2/c1-23-17(22)11-15-7-9-25-19(15)13-4-2-12(3-5-13)18-14(6-8-24-18)10-16(20)21/h2-9H,10-11H2,1H3,(H,20,21). The molecule has 3 rings (SSSR count). The summed E-state index contributed by atoms with van der Waals surface area (Å²) in [5.74, 6) is -1.09. The van der Waals surface area contributed by atoms with Crippen LogP contribution >= 0.6 is 22.7 Å². The highest BCUT2D eigenvalue weighted by molar-refractivity contribution is 7.14. The Morgan fingerprint density at radius 2 is 1.36 bits per heavy atom. The van der Waals surface area contributed by atoms with Gasteiger partial charge in [-0.3, -0.25) is 9.59 Å². The molecule has 0 saturated carbocycles. The van der Waals surface area contributed by atoms with E-state index in [-0.39, 0.29) is 18.8 Å². The Morgan fingerprint density at radius 1 is 0.880 bits per heavy atom. The lowest BCUT2D eigenvalue weighted by molar-refractivity contribution is -0.140. The molecule has 0 bridgehead atoms. The van der Waals surface area contributed by atoms with E-state index >= 15 is 0 Å². The maximum absolute atomic E-state index is 11.5. The number of hydrogen-bond acceptors (Lipinski definition) is 5. The zero-order chi connectivity index (χ0) is 17.8. The highest BCUT2D eigenvalue weighted by atomic mass is 32.1. The van der Waals surface area contributed by atoms with Crippen molar-refractivity contribution in [1.29, 1.82) is 0 Å². The number of carboxylic acids is 1. The fraction of sp³-hybridized carbons (Fsp3) is 0.158. The van der Waals surface area contributed by atoms with Gasteiger partial charge < -0.3 is 9.84 Å². The van der Waals surface area contributed by atoms with Crippen LogP contribution in [0.2, 0.25) is 0 Å². The normalized spacial score (nSPS) is 10.6. The average molecular weight is 372 g/mol. The molecule has 1 N–H and O–H groups in total. The molecular formula is C19H16O4S2. The van der Waals surface area contributed by atoms with Crippen LogP contribution in [-0.4, -0.2) is 24.2 Å². The summed E-state index contributed by atoms with van der Waals surface area (Å²) < 4.78 is 4.75. The summed E-state index contributed by atoms with van der Waals surface area (Å²) >= 11 is 3.13. The molecule has 25 heavy (non-hydrogen) atoms. The second-order valence-electron chi connectivity index (χ2n) is 5.45. The van der Waals surface area contributed by atoms with Crippen molar-refractivity contribution >= 4 is 34.6 Å². The van der Waals surface area contributed by atoms with Gasteiger partial charge in [-0.2, -0.15) is 0 Å².